The average Bonchev–Trinajstić information content (AvgIpc) is 2.87. The van der Waals surface area contributed by atoms with Crippen molar-refractivity contribution >= 4 is 36.6 Å². The van der Waals surface area contributed by atoms with E-state index in [1.54, 1.807) is 12.5 Å². The molecule has 1 heterocycles. The van der Waals surface area contributed by atoms with Gasteiger partial charge in [-0.3, -0.25) is 9.59 Å². The van der Waals surface area contributed by atoms with Gasteiger partial charge < -0.3 is 20.9 Å². The highest BCUT2D eigenvalue weighted by molar-refractivity contribution is 5.87. The van der Waals surface area contributed by atoms with Crippen molar-refractivity contribution in [2.24, 2.45) is 11.7 Å². The fourth-order valence-electron chi connectivity index (χ4n) is 1.67. The first-order chi connectivity index (χ1) is 9.40. The first-order valence-corrected chi connectivity index (χ1v) is 6.68. The Morgan fingerprint density at radius 1 is 1.27 bits per heavy atom. The Labute approximate surface area is 143 Å². The van der Waals surface area contributed by atoms with Crippen LogP contribution in [0.5, 0.6) is 0 Å². The standard InChI is InChI=1S/C13H23N5O2.2ClH/c1-9(2)12(14)13(20)16-6-11(19)17-10(3)7-18-5-4-15-8-18;;/h4-5,8-10,12H,6-7,14H2,1-3H3,(H,16,20)(H,17,19);2*1H/t10?,12-;;/m0../s1. The lowest BCUT2D eigenvalue weighted by atomic mass is 10.1. The van der Waals surface area contributed by atoms with Gasteiger partial charge in [0.05, 0.1) is 18.9 Å². The van der Waals surface area contributed by atoms with E-state index in [1.807, 2.05) is 31.5 Å². The molecule has 1 rings (SSSR count). The van der Waals surface area contributed by atoms with E-state index in [2.05, 4.69) is 15.6 Å². The zero-order valence-electron chi connectivity index (χ0n) is 13.0. The van der Waals surface area contributed by atoms with Crippen molar-refractivity contribution in [3.63, 3.8) is 0 Å². The van der Waals surface area contributed by atoms with Crippen LogP contribution >= 0.6 is 24.8 Å². The Kier molecular flexibility index (Phi) is 11.8. The van der Waals surface area contributed by atoms with Crippen LogP contribution in [0.15, 0.2) is 18.7 Å². The molecule has 4 N–H and O–H groups in total. The molecule has 7 nitrogen and oxygen atoms in total. The van der Waals surface area contributed by atoms with Crippen LogP contribution in [0.4, 0.5) is 0 Å². The number of aromatic nitrogens is 2. The fourth-order valence-corrected chi connectivity index (χ4v) is 1.67. The molecule has 0 radical (unpaired) electrons. The molecule has 0 bridgehead atoms. The smallest absolute Gasteiger partial charge is 0.239 e. The minimum Gasteiger partial charge on any atom is -0.350 e. The van der Waals surface area contributed by atoms with Gasteiger partial charge in [0.15, 0.2) is 0 Å². The quantitative estimate of drug-likeness (QED) is 0.657. The van der Waals surface area contributed by atoms with Gasteiger partial charge in [-0.1, -0.05) is 13.8 Å². The van der Waals surface area contributed by atoms with E-state index in [0.717, 1.165) is 0 Å². The summed E-state index contributed by atoms with van der Waals surface area (Å²) < 4.78 is 1.87. The lowest BCUT2D eigenvalue weighted by Crippen LogP contribution is -2.48. The molecule has 9 heteroatoms. The highest BCUT2D eigenvalue weighted by Crippen LogP contribution is 1.97. The van der Waals surface area contributed by atoms with E-state index in [4.69, 9.17) is 5.73 Å². The number of rotatable bonds is 7. The summed E-state index contributed by atoms with van der Waals surface area (Å²) in [5.74, 6) is -0.502. The third kappa shape index (κ3) is 8.21. The van der Waals surface area contributed by atoms with Crippen molar-refractivity contribution in [1.29, 1.82) is 0 Å². The second-order valence-corrected chi connectivity index (χ2v) is 5.22. The average molecular weight is 354 g/mol. The number of nitrogens with one attached hydrogen (secondary N) is 2. The molecule has 1 unspecified atom stereocenters. The van der Waals surface area contributed by atoms with Gasteiger partial charge >= 0.3 is 0 Å². The van der Waals surface area contributed by atoms with Gasteiger partial charge in [-0.2, -0.15) is 0 Å². The maximum absolute atomic E-state index is 11.7. The minimum atomic E-state index is -0.592. The van der Waals surface area contributed by atoms with Gasteiger partial charge in [-0.05, 0) is 12.8 Å². The van der Waals surface area contributed by atoms with Gasteiger partial charge in [0.2, 0.25) is 11.8 Å². The molecule has 2 atom stereocenters. The van der Waals surface area contributed by atoms with Gasteiger partial charge in [0.1, 0.15) is 0 Å². The lowest BCUT2D eigenvalue weighted by Gasteiger charge is -2.17. The molecule has 1 aromatic heterocycles. The Bertz CT molecular complexity index is 440. The summed E-state index contributed by atoms with van der Waals surface area (Å²) in [6, 6.07) is -0.640. The van der Waals surface area contributed by atoms with E-state index in [9.17, 15) is 9.59 Å². The Hall–Kier alpha value is -1.31. The van der Waals surface area contributed by atoms with Crippen LogP contribution in [0.3, 0.4) is 0 Å². The lowest BCUT2D eigenvalue weighted by molar-refractivity contribution is -0.127. The van der Waals surface area contributed by atoms with Crippen LogP contribution < -0.4 is 16.4 Å². The van der Waals surface area contributed by atoms with Crippen LogP contribution in [0.2, 0.25) is 0 Å². The number of nitrogens with two attached hydrogens (primary N) is 1. The van der Waals surface area contributed by atoms with Gasteiger partial charge in [-0.25, -0.2) is 4.98 Å². The highest BCUT2D eigenvalue weighted by atomic mass is 35.5. The largest absolute Gasteiger partial charge is 0.350 e. The molecule has 0 aliphatic heterocycles. The number of imidazole rings is 1. The zero-order valence-corrected chi connectivity index (χ0v) is 14.6. The molecule has 128 valence electrons. The summed E-state index contributed by atoms with van der Waals surface area (Å²) in [6.45, 7) is 6.17. The van der Waals surface area contributed by atoms with Crippen molar-refractivity contribution in [3.8, 4) is 0 Å². The molecular weight excluding hydrogens is 329 g/mol. The van der Waals surface area contributed by atoms with E-state index < -0.39 is 6.04 Å². The molecule has 0 saturated heterocycles. The number of halogens is 2. The first-order valence-electron chi connectivity index (χ1n) is 6.68. The summed E-state index contributed by atoms with van der Waals surface area (Å²) >= 11 is 0. The topological polar surface area (TPSA) is 102 Å². The monoisotopic (exact) mass is 353 g/mol. The normalized spacial score (nSPS) is 12.6. The summed E-state index contributed by atoms with van der Waals surface area (Å²) in [7, 11) is 0. The predicted octanol–water partition coefficient (Wildman–Crippen LogP) is 0.331. The highest BCUT2D eigenvalue weighted by Gasteiger charge is 2.17. The maximum Gasteiger partial charge on any atom is 0.239 e. The fraction of sp³-hybridized carbons (Fsp3) is 0.615. The summed E-state index contributed by atoms with van der Waals surface area (Å²) in [5, 5.41) is 5.33. The van der Waals surface area contributed by atoms with Crippen molar-refractivity contribution in [1.82, 2.24) is 20.2 Å². The minimum absolute atomic E-state index is 0. The second-order valence-electron chi connectivity index (χ2n) is 5.22. The number of nitrogens with zero attached hydrogens (tertiary/aromatic N) is 2. The summed E-state index contributed by atoms with van der Waals surface area (Å²) in [4.78, 5) is 27.2. The maximum atomic E-state index is 11.7. The molecule has 2 amide bonds. The summed E-state index contributed by atoms with van der Waals surface area (Å²) in [6.07, 6.45) is 5.19. The van der Waals surface area contributed by atoms with Crippen molar-refractivity contribution in [3.05, 3.63) is 18.7 Å². The van der Waals surface area contributed by atoms with Crippen LogP contribution in [0.1, 0.15) is 20.8 Å². The SMILES string of the molecule is CC(Cn1ccnc1)NC(=O)CNC(=O)[C@@H](N)C(C)C.Cl.Cl. The van der Waals surface area contributed by atoms with Crippen molar-refractivity contribution in [2.45, 2.75) is 39.4 Å². The number of carbonyl (C=O) groups excluding carboxylic acids is 2. The molecule has 1 aromatic rings. The molecular formula is C13H25Cl2N5O2. The predicted molar refractivity (Wildman–Crippen MR) is 90.2 cm³/mol. The molecule has 22 heavy (non-hydrogen) atoms. The number of hydrogen-bond donors (Lipinski definition) is 3. The van der Waals surface area contributed by atoms with Crippen molar-refractivity contribution in [2.75, 3.05) is 6.54 Å². The molecule has 0 aromatic carbocycles. The second kappa shape index (κ2) is 11.3. The Morgan fingerprint density at radius 3 is 2.41 bits per heavy atom. The van der Waals surface area contributed by atoms with Crippen molar-refractivity contribution < 1.29 is 9.59 Å². The molecule has 0 aliphatic rings. The van der Waals surface area contributed by atoms with Crippen LogP contribution in [0, 0.1) is 5.92 Å². The first kappa shape index (κ1) is 23.0. The van der Waals surface area contributed by atoms with Crippen LogP contribution in [0.25, 0.3) is 0 Å². The third-order valence-electron chi connectivity index (χ3n) is 2.90. The Balaban J connectivity index is 0. The zero-order chi connectivity index (χ0) is 15.1. The number of carbonyl (C=O) groups is 2. The molecule has 0 spiro atoms. The third-order valence-corrected chi connectivity index (χ3v) is 2.90. The van der Waals surface area contributed by atoms with Gasteiger partial charge in [0, 0.05) is 25.0 Å². The number of hydrogen-bond acceptors (Lipinski definition) is 4. The Morgan fingerprint density at radius 2 is 1.91 bits per heavy atom. The molecule has 0 fully saturated rings. The summed E-state index contributed by atoms with van der Waals surface area (Å²) in [5.41, 5.74) is 5.68. The van der Waals surface area contributed by atoms with E-state index in [1.165, 1.54) is 0 Å². The molecule has 0 saturated carbocycles. The molecule has 0 aliphatic carbocycles. The van der Waals surface area contributed by atoms with E-state index >= 15 is 0 Å². The van der Waals surface area contributed by atoms with Crippen LogP contribution in [-0.4, -0.2) is 40.0 Å². The van der Waals surface area contributed by atoms with E-state index in [-0.39, 0.29) is 55.1 Å². The van der Waals surface area contributed by atoms with Gasteiger partial charge in [0.25, 0.3) is 0 Å². The van der Waals surface area contributed by atoms with Crippen LogP contribution in [-0.2, 0) is 16.1 Å². The number of amides is 2. The van der Waals surface area contributed by atoms with E-state index in [0.29, 0.717) is 6.54 Å². The van der Waals surface area contributed by atoms with Gasteiger partial charge in [-0.15, -0.1) is 24.8 Å².